The van der Waals surface area contributed by atoms with Gasteiger partial charge in [0, 0.05) is 23.5 Å². The Labute approximate surface area is 133 Å². The molecule has 7 nitrogen and oxygen atoms in total. The average molecular weight is 318 g/mol. The third kappa shape index (κ3) is 4.60. The van der Waals surface area contributed by atoms with E-state index >= 15 is 0 Å². The number of benzene rings is 1. The highest BCUT2D eigenvalue weighted by atomic mass is 16.5. The number of nitrogens with one attached hydrogen (secondary N) is 1. The minimum absolute atomic E-state index is 0. The van der Waals surface area contributed by atoms with E-state index in [4.69, 9.17) is 0 Å². The van der Waals surface area contributed by atoms with Crippen molar-refractivity contribution in [3.63, 3.8) is 0 Å². The summed E-state index contributed by atoms with van der Waals surface area (Å²) in [4.78, 5) is 27.9. The van der Waals surface area contributed by atoms with Gasteiger partial charge in [0.1, 0.15) is 6.10 Å². The van der Waals surface area contributed by atoms with Crippen LogP contribution in [-0.4, -0.2) is 40.6 Å². The largest absolute Gasteiger partial charge is 0.467 e. The van der Waals surface area contributed by atoms with Crippen molar-refractivity contribution in [1.29, 1.82) is 0 Å². The van der Waals surface area contributed by atoms with Crippen molar-refractivity contribution in [3.05, 3.63) is 66.0 Å². The van der Waals surface area contributed by atoms with Crippen LogP contribution in [0.2, 0.25) is 0 Å². The third-order valence-corrected chi connectivity index (χ3v) is 3.12. The number of amides is 1. The minimum Gasteiger partial charge on any atom is -0.467 e. The first-order valence-corrected chi connectivity index (χ1v) is 6.65. The SMILES string of the molecule is COC(=O)[C@H](NC(=O)c1ccccc1)[C@@H](O)c1cccnc1.O. The molecule has 1 amide bonds. The van der Waals surface area contributed by atoms with Crippen LogP contribution < -0.4 is 5.32 Å². The molecule has 1 heterocycles. The van der Waals surface area contributed by atoms with Crippen molar-refractivity contribution < 1.29 is 24.9 Å². The van der Waals surface area contributed by atoms with Crippen LogP contribution in [-0.2, 0) is 9.53 Å². The van der Waals surface area contributed by atoms with Crippen LogP contribution in [0.25, 0.3) is 0 Å². The molecular weight excluding hydrogens is 300 g/mol. The number of aliphatic hydroxyl groups excluding tert-OH is 1. The maximum Gasteiger partial charge on any atom is 0.331 e. The summed E-state index contributed by atoms with van der Waals surface area (Å²) in [6, 6.07) is 10.4. The molecule has 0 aliphatic heterocycles. The first-order valence-electron chi connectivity index (χ1n) is 6.65. The van der Waals surface area contributed by atoms with Crippen LogP contribution in [0.4, 0.5) is 0 Å². The number of hydrogen-bond donors (Lipinski definition) is 2. The molecule has 2 rings (SSSR count). The first kappa shape index (κ1) is 18.3. The second-order valence-corrected chi connectivity index (χ2v) is 4.57. The van der Waals surface area contributed by atoms with E-state index in [-0.39, 0.29) is 5.48 Å². The summed E-state index contributed by atoms with van der Waals surface area (Å²) < 4.78 is 4.66. The molecule has 2 aromatic rings. The monoisotopic (exact) mass is 318 g/mol. The molecule has 0 aliphatic rings. The van der Waals surface area contributed by atoms with E-state index in [0.717, 1.165) is 0 Å². The van der Waals surface area contributed by atoms with Crippen LogP contribution in [0, 0.1) is 0 Å². The Bertz CT molecular complexity index is 633. The number of aromatic nitrogens is 1. The van der Waals surface area contributed by atoms with Crippen molar-refractivity contribution in [3.8, 4) is 0 Å². The van der Waals surface area contributed by atoms with Gasteiger partial charge >= 0.3 is 5.97 Å². The van der Waals surface area contributed by atoms with Gasteiger partial charge in [-0.3, -0.25) is 9.78 Å². The quantitative estimate of drug-likeness (QED) is 0.766. The number of esters is 1. The van der Waals surface area contributed by atoms with E-state index in [0.29, 0.717) is 11.1 Å². The predicted molar refractivity (Wildman–Crippen MR) is 82.5 cm³/mol. The zero-order valence-electron chi connectivity index (χ0n) is 12.5. The van der Waals surface area contributed by atoms with E-state index in [1.54, 1.807) is 48.7 Å². The van der Waals surface area contributed by atoms with Gasteiger partial charge in [0.05, 0.1) is 7.11 Å². The zero-order chi connectivity index (χ0) is 15.9. The summed E-state index contributed by atoms with van der Waals surface area (Å²) in [5, 5.41) is 12.8. The molecule has 0 bridgehead atoms. The van der Waals surface area contributed by atoms with Crippen molar-refractivity contribution >= 4 is 11.9 Å². The smallest absolute Gasteiger partial charge is 0.331 e. The van der Waals surface area contributed by atoms with Crippen molar-refractivity contribution in [1.82, 2.24) is 10.3 Å². The normalized spacial score (nSPS) is 12.4. The van der Waals surface area contributed by atoms with Gasteiger partial charge in [0.2, 0.25) is 0 Å². The Morgan fingerprint density at radius 3 is 2.43 bits per heavy atom. The average Bonchev–Trinajstić information content (AvgIpc) is 2.59. The standard InChI is InChI=1S/C16H16N2O4.H2O/c1-22-16(21)13(14(19)12-8-5-9-17-10-12)18-15(20)11-6-3-2-4-7-11;/h2-10,13-14,19H,1H3,(H,18,20);1H2/t13-,14+;/m1./s1. The topological polar surface area (TPSA) is 120 Å². The van der Waals surface area contributed by atoms with Crippen LogP contribution in [0.1, 0.15) is 22.0 Å². The predicted octanol–water partition coefficient (Wildman–Crippen LogP) is 0.262. The molecule has 1 aromatic carbocycles. The Kier molecular flexibility index (Phi) is 6.85. The summed E-state index contributed by atoms with van der Waals surface area (Å²) in [6.45, 7) is 0. The molecule has 0 aliphatic carbocycles. The maximum atomic E-state index is 12.2. The van der Waals surface area contributed by atoms with E-state index in [2.05, 4.69) is 15.0 Å². The molecule has 0 spiro atoms. The van der Waals surface area contributed by atoms with Crippen molar-refractivity contribution in [2.45, 2.75) is 12.1 Å². The molecule has 0 fully saturated rings. The number of methoxy groups -OCH3 is 1. The lowest BCUT2D eigenvalue weighted by atomic mass is 10.0. The van der Waals surface area contributed by atoms with Crippen molar-refractivity contribution in [2.24, 2.45) is 0 Å². The number of carbonyl (C=O) groups is 2. The van der Waals surface area contributed by atoms with E-state index < -0.39 is 24.0 Å². The molecule has 0 radical (unpaired) electrons. The molecule has 23 heavy (non-hydrogen) atoms. The van der Waals surface area contributed by atoms with Crippen LogP contribution in [0.3, 0.4) is 0 Å². The molecule has 2 atom stereocenters. The maximum absolute atomic E-state index is 12.2. The number of rotatable bonds is 5. The molecule has 0 unspecified atom stereocenters. The molecule has 7 heteroatoms. The Morgan fingerprint density at radius 1 is 1.17 bits per heavy atom. The highest BCUT2D eigenvalue weighted by molar-refractivity contribution is 5.96. The van der Waals surface area contributed by atoms with Crippen LogP contribution in [0.15, 0.2) is 54.9 Å². The van der Waals surface area contributed by atoms with Gasteiger partial charge < -0.3 is 20.6 Å². The second-order valence-electron chi connectivity index (χ2n) is 4.57. The number of hydrogen-bond acceptors (Lipinski definition) is 5. The molecule has 4 N–H and O–H groups in total. The van der Waals surface area contributed by atoms with Crippen LogP contribution >= 0.6 is 0 Å². The fourth-order valence-corrected chi connectivity index (χ4v) is 1.95. The fraction of sp³-hybridized carbons (Fsp3) is 0.188. The number of carbonyl (C=O) groups excluding carboxylic acids is 2. The zero-order valence-corrected chi connectivity index (χ0v) is 12.5. The Hall–Kier alpha value is -2.77. The molecule has 0 saturated carbocycles. The van der Waals surface area contributed by atoms with Crippen LogP contribution in [0.5, 0.6) is 0 Å². The van der Waals surface area contributed by atoms with Gasteiger partial charge in [-0.15, -0.1) is 0 Å². The van der Waals surface area contributed by atoms with E-state index in [1.165, 1.54) is 13.3 Å². The van der Waals surface area contributed by atoms with Gasteiger partial charge in [-0.25, -0.2) is 4.79 Å². The molecule has 0 saturated heterocycles. The highest BCUT2D eigenvalue weighted by Gasteiger charge is 2.31. The summed E-state index contributed by atoms with van der Waals surface area (Å²) in [6.07, 6.45) is 1.72. The van der Waals surface area contributed by atoms with Gasteiger partial charge in [-0.2, -0.15) is 0 Å². The highest BCUT2D eigenvalue weighted by Crippen LogP contribution is 2.17. The molecule has 122 valence electrons. The minimum atomic E-state index is -1.26. The molecule has 1 aromatic heterocycles. The van der Waals surface area contributed by atoms with E-state index in [9.17, 15) is 14.7 Å². The number of aliphatic hydroxyl groups is 1. The number of pyridine rings is 1. The number of ether oxygens (including phenoxy) is 1. The first-order chi connectivity index (χ1) is 10.6. The van der Waals surface area contributed by atoms with E-state index in [1.807, 2.05) is 0 Å². The summed E-state index contributed by atoms with van der Waals surface area (Å²) in [7, 11) is 1.19. The second kappa shape index (κ2) is 8.62. The van der Waals surface area contributed by atoms with Gasteiger partial charge in [0.15, 0.2) is 6.04 Å². The van der Waals surface area contributed by atoms with Gasteiger partial charge in [-0.1, -0.05) is 24.3 Å². The lowest BCUT2D eigenvalue weighted by Crippen LogP contribution is -2.45. The van der Waals surface area contributed by atoms with Gasteiger partial charge in [-0.05, 0) is 18.2 Å². The lowest BCUT2D eigenvalue weighted by Gasteiger charge is -2.22. The molecular formula is C16H18N2O5. The summed E-state index contributed by atoms with van der Waals surface area (Å²) in [5.41, 5.74) is 0.793. The summed E-state index contributed by atoms with van der Waals surface area (Å²) >= 11 is 0. The summed E-state index contributed by atoms with van der Waals surface area (Å²) in [5.74, 6) is -1.21. The van der Waals surface area contributed by atoms with Gasteiger partial charge in [0.25, 0.3) is 5.91 Å². The number of nitrogens with zero attached hydrogens (tertiary/aromatic N) is 1. The lowest BCUT2D eigenvalue weighted by molar-refractivity contribution is -0.146. The fourth-order valence-electron chi connectivity index (χ4n) is 1.95. The Balaban J connectivity index is 0.00000264. The third-order valence-electron chi connectivity index (χ3n) is 3.12. The van der Waals surface area contributed by atoms with Crippen molar-refractivity contribution in [2.75, 3.05) is 7.11 Å². The Morgan fingerprint density at radius 2 is 1.87 bits per heavy atom.